The number of ether oxygens (including phenoxy) is 4. The molecule has 7 heteroatoms. The SMILES string of the molecule is C=CCCOCCOCCOCCOCCNC(=O)CCC=O. The average molecular weight is 331 g/mol. The van der Waals surface area contributed by atoms with Gasteiger partial charge >= 0.3 is 0 Å². The minimum Gasteiger partial charge on any atom is -0.379 e. The van der Waals surface area contributed by atoms with E-state index in [2.05, 4.69) is 11.9 Å². The molecule has 0 aliphatic carbocycles. The second kappa shape index (κ2) is 18.8. The molecule has 0 aliphatic heterocycles. The fourth-order valence-corrected chi connectivity index (χ4v) is 1.47. The van der Waals surface area contributed by atoms with E-state index >= 15 is 0 Å². The summed E-state index contributed by atoms with van der Waals surface area (Å²) in [6, 6.07) is 0. The lowest BCUT2D eigenvalue weighted by Crippen LogP contribution is -2.27. The fraction of sp³-hybridized carbons (Fsp3) is 0.750. The molecule has 0 aromatic rings. The molecule has 0 fully saturated rings. The highest BCUT2D eigenvalue weighted by Crippen LogP contribution is 1.86. The normalized spacial score (nSPS) is 10.4. The predicted molar refractivity (Wildman–Crippen MR) is 86.4 cm³/mol. The maximum Gasteiger partial charge on any atom is 0.220 e. The molecule has 1 amide bonds. The van der Waals surface area contributed by atoms with Gasteiger partial charge in [0.1, 0.15) is 6.29 Å². The number of carbonyl (C=O) groups is 2. The zero-order chi connectivity index (χ0) is 17.0. The molecule has 23 heavy (non-hydrogen) atoms. The molecule has 7 nitrogen and oxygen atoms in total. The Balaban J connectivity index is 3.06. The second-order valence-corrected chi connectivity index (χ2v) is 4.58. The summed E-state index contributed by atoms with van der Waals surface area (Å²) >= 11 is 0. The first-order valence-electron chi connectivity index (χ1n) is 7.93. The van der Waals surface area contributed by atoms with Crippen molar-refractivity contribution in [3.05, 3.63) is 12.7 Å². The van der Waals surface area contributed by atoms with Crippen LogP contribution in [-0.2, 0) is 28.5 Å². The lowest BCUT2D eigenvalue weighted by molar-refractivity contribution is -0.122. The van der Waals surface area contributed by atoms with Crippen LogP contribution >= 0.6 is 0 Å². The molecule has 0 unspecified atom stereocenters. The van der Waals surface area contributed by atoms with E-state index in [1.165, 1.54) is 0 Å². The highest BCUT2D eigenvalue weighted by molar-refractivity contribution is 5.77. The van der Waals surface area contributed by atoms with Gasteiger partial charge in [0.25, 0.3) is 0 Å². The lowest BCUT2D eigenvalue weighted by atomic mass is 10.3. The first kappa shape index (κ1) is 21.7. The lowest BCUT2D eigenvalue weighted by Gasteiger charge is -2.07. The molecular weight excluding hydrogens is 302 g/mol. The number of aldehydes is 1. The van der Waals surface area contributed by atoms with Crippen molar-refractivity contribution >= 4 is 12.2 Å². The molecule has 0 spiro atoms. The number of carbonyl (C=O) groups excluding carboxylic acids is 2. The van der Waals surface area contributed by atoms with Gasteiger partial charge in [-0.2, -0.15) is 0 Å². The highest BCUT2D eigenvalue weighted by atomic mass is 16.6. The number of hydrogen-bond acceptors (Lipinski definition) is 6. The fourth-order valence-electron chi connectivity index (χ4n) is 1.47. The van der Waals surface area contributed by atoms with Gasteiger partial charge in [0.2, 0.25) is 5.91 Å². The zero-order valence-electron chi connectivity index (χ0n) is 13.8. The summed E-state index contributed by atoms with van der Waals surface area (Å²) < 4.78 is 21.2. The molecule has 0 saturated carbocycles. The van der Waals surface area contributed by atoms with E-state index in [0.717, 1.165) is 12.7 Å². The summed E-state index contributed by atoms with van der Waals surface area (Å²) in [5, 5.41) is 2.66. The predicted octanol–water partition coefficient (Wildman–Crippen LogP) is 0.724. The maximum absolute atomic E-state index is 11.2. The number of nitrogens with one attached hydrogen (secondary N) is 1. The van der Waals surface area contributed by atoms with Crippen LogP contribution in [0.5, 0.6) is 0 Å². The quantitative estimate of drug-likeness (QED) is 0.226. The summed E-state index contributed by atoms with van der Waals surface area (Å²) in [5.41, 5.74) is 0. The minimum absolute atomic E-state index is 0.137. The molecule has 134 valence electrons. The van der Waals surface area contributed by atoms with E-state index in [0.29, 0.717) is 59.4 Å². The zero-order valence-corrected chi connectivity index (χ0v) is 13.8. The van der Waals surface area contributed by atoms with Crippen LogP contribution in [0.2, 0.25) is 0 Å². The summed E-state index contributed by atoms with van der Waals surface area (Å²) in [4.78, 5) is 21.2. The van der Waals surface area contributed by atoms with Crippen molar-refractivity contribution in [1.82, 2.24) is 5.32 Å². The first-order chi connectivity index (χ1) is 11.3. The van der Waals surface area contributed by atoms with Crippen LogP contribution in [0.15, 0.2) is 12.7 Å². The van der Waals surface area contributed by atoms with Crippen molar-refractivity contribution in [2.75, 3.05) is 59.4 Å². The second-order valence-electron chi connectivity index (χ2n) is 4.58. The molecule has 0 bridgehead atoms. The Kier molecular flexibility index (Phi) is 17.7. The van der Waals surface area contributed by atoms with E-state index in [1.54, 1.807) is 0 Å². The van der Waals surface area contributed by atoms with Crippen LogP contribution in [0.25, 0.3) is 0 Å². The van der Waals surface area contributed by atoms with Gasteiger partial charge in [0.15, 0.2) is 0 Å². The number of rotatable bonds is 18. The maximum atomic E-state index is 11.2. The average Bonchev–Trinajstić information content (AvgIpc) is 2.56. The smallest absolute Gasteiger partial charge is 0.220 e. The molecule has 0 saturated heterocycles. The Morgan fingerprint density at radius 3 is 1.87 bits per heavy atom. The molecule has 0 heterocycles. The molecule has 0 aromatic carbocycles. The first-order valence-corrected chi connectivity index (χ1v) is 7.93. The summed E-state index contributed by atoms with van der Waals surface area (Å²) in [6.07, 6.45) is 3.88. The van der Waals surface area contributed by atoms with Crippen molar-refractivity contribution in [3.63, 3.8) is 0 Å². The van der Waals surface area contributed by atoms with E-state index in [-0.39, 0.29) is 18.7 Å². The van der Waals surface area contributed by atoms with Gasteiger partial charge in [-0.25, -0.2) is 0 Å². The van der Waals surface area contributed by atoms with E-state index in [1.807, 2.05) is 6.08 Å². The number of amides is 1. The third-order valence-corrected chi connectivity index (χ3v) is 2.64. The largest absolute Gasteiger partial charge is 0.379 e. The van der Waals surface area contributed by atoms with Crippen molar-refractivity contribution < 1.29 is 28.5 Å². The van der Waals surface area contributed by atoms with Crippen LogP contribution in [-0.4, -0.2) is 71.6 Å². The number of hydrogen-bond donors (Lipinski definition) is 1. The van der Waals surface area contributed by atoms with Crippen molar-refractivity contribution in [1.29, 1.82) is 0 Å². The van der Waals surface area contributed by atoms with Gasteiger partial charge in [-0.05, 0) is 6.42 Å². The molecule has 1 N–H and O–H groups in total. The summed E-state index contributed by atoms with van der Waals surface area (Å²) in [7, 11) is 0. The molecule has 0 atom stereocenters. The summed E-state index contributed by atoms with van der Waals surface area (Å²) in [5.74, 6) is -0.137. The van der Waals surface area contributed by atoms with Crippen LogP contribution in [0, 0.1) is 0 Å². The highest BCUT2D eigenvalue weighted by Gasteiger charge is 1.99. The van der Waals surface area contributed by atoms with Gasteiger partial charge in [-0.3, -0.25) is 4.79 Å². The van der Waals surface area contributed by atoms with Gasteiger partial charge in [-0.15, -0.1) is 6.58 Å². The third-order valence-electron chi connectivity index (χ3n) is 2.64. The van der Waals surface area contributed by atoms with E-state index < -0.39 is 0 Å². The Hall–Kier alpha value is -1.28. The third kappa shape index (κ3) is 18.7. The Morgan fingerprint density at radius 1 is 0.826 bits per heavy atom. The molecule has 0 radical (unpaired) electrons. The van der Waals surface area contributed by atoms with Crippen molar-refractivity contribution in [2.24, 2.45) is 0 Å². The Morgan fingerprint density at radius 2 is 1.35 bits per heavy atom. The standard InChI is InChI=1S/C16H29NO6/c1-2-3-8-20-10-12-22-14-15-23-13-11-21-9-6-17-16(19)5-4-7-18/h2,7H,1,3-6,8-15H2,(H,17,19). The summed E-state index contributed by atoms with van der Waals surface area (Å²) in [6.45, 7) is 8.28. The van der Waals surface area contributed by atoms with Crippen molar-refractivity contribution in [3.8, 4) is 0 Å². The Labute approximate surface area is 138 Å². The van der Waals surface area contributed by atoms with Gasteiger partial charge in [-0.1, -0.05) is 6.08 Å². The van der Waals surface area contributed by atoms with Crippen LogP contribution in [0.3, 0.4) is 0 Å². The van der Waals surface area contributed by atoms with E-state index in [4.69, 9.17) is 18.9 Å². The van der Waals surface area contributed by atoms with E-state index in [9.17, 15) is 9.59 Å². The Bertz CT molecular complexity index is 298. The topological polar surface area (TPSA) is 83.1 Å². The van der Waals surface area contributed by atoms with Gasteiger partial charge in [0, 0.05) is 19.4 Å². The monoisotopic (exact) mass is 331 g/mol. The van der Waals surface area contributed by atoms with Crippen LogP contribution in [0.4, 0.5) is 0 Å². The molecule has 0 aromatic heterocycles. The molecule has 0 rings (SSSR count). The molecule has 0 aliphatic rings. The molecular formula is C16H29NO6. The van der Waals surface area contributed by atoms with Crippen LogP contribution in [0.1, 0.15) is 19.3 Å². The van der Waals surface area contributed by atoms with Crippen LogP contribution < -0.4 is 5.32 Å². The van der Waals surface area contributed by atoms with Crippen molar-refractivity contribution in [2.45, 2.75) is 19.3 Å². The van der Waals surface area contributed by atoms with Gasteiger partial charge < -0.3 is 29.1 Å². The van der Waals surface area contributed by atoms with Gasteiger partial charge in [0.05, 0.1) is 52.9 Å². The minimum atomic E-state index is -0.137.